The fourth-order valence-corrected chi connectivity index (χ4v) is 5.65. The van der Waals surface area contributed by atoms with E-state index < -0.39 is 0 Å². The van der Waals surface area contributed by atoms with Gasteiger partial charge in [0.1, 0.15) is 26.8 Å². The number of quaternary nitrogens is 1. The van der Waals surface area contributed by atoms with Crippen molar-refractivity contribution in [3.8, 4) is 0 Å². The van der Waals surface area contributed by atoms with Crippen molar-refractivity contribution in [2.75, 3.05) is 33.4 Å². The van der Waals surface area contributed by atoms with Gasteiger partial charge < -0.3 is 5.73 Å². The number of nitrogens with zero attached hydrogens (tertiary/aromatic N) is 1. The number of hydrogen-bond donors (Lipinski definition) is 1. The van der Waals surface area contributed by atoms with E-state index in [2.05, 4.69) is 20.9 Å². The standard InChI is InChI=1S/C36H77N2O2/c1-4-6-8-10-12-14-16-18-20-22-24-26-28-30-35-39-38(3,34-32-33-37)40-36-31-29-27-25-23-21-19-17-15-13-11-9-7-5-2/h4-37H2,1-3H3/q+1. The predicted octanol–water partition coefficient (Wildman–Crippen LogP) is 11.6. The van der Waals surface area contributed by atoms with Crippen molar-refractivity contribution in [3.63, 3.8) is 0 Å². The first-order valence-electron chi connectivity index (χ1n) is 18.5. The predicted molar refractivity (Wildman–Crippen MR) is 177 cm³/mol. The molecule has 0 saturated carbocycles. The van der Waals surface area contributed by atoms with Crippen LogP contribution in [0, 0.1) is 0 Å². The van der Waals surface area contributed by atoms with Crippen molar-refractivity contribution in [1.29, 1.82) is 0 Å². The molecule has 0 unspecified atom stereocenters. The van der Waals surface area contributed by atoms with Crippen LogP contribution in [0.2, 0.25) is 0 Å². The zero-order chi connectivity index (χ0) is 29.2. The highest BCUT2D eigenvalue weighted by Crippen LogP contribution is 2.16. The number of hydroxylamine groups is 4. The lowest BCUT2D eigenvalue weighted by Crippen LogP contribution is -2.45. The van der Waals surface area contributed by atoms with Crippen molar-refractivity contribution in [2.24, 2.45) is 5.73 Å². The molecule has 242 valence electrons. The van der Waals surface area contributed by atoms with E-state index in [0.717, 1.165) is 39.0 Å². The van der Waals surface area contributed by atoms with Gasteiger partial charge in [-0.15, -0.1) is 0 Å². The SMILES string of the molecule is CCCCCCCCCCCCCCCCO[N+](C)(CCCN)OCCCCCCCCCCCCCCCC. The van der Waals surface area contributed by atoms with E-state index in [1.165, 1.54) is 167 Å². The van der Waals surface area contributed by atoms with E-state index in [1.807, 2.05) is 0 Å². The number of nitrogens with two attached hydrogens (primary N) is 1. The van der Waals surface area contributed by atoms with Crippen LogP contribution in [-0.4, -0.2) is 38.2 Å². The lowest BCUT2D eigenvalue weighted by molar-refractivity contribution is -1.23. The molecule has 0 aromatic heterocycles. The molecule has 0 spiro atoms. The van der Waals surface area contributed by atoms with Crippen LogP contribution in [0.3, 0.4) is 0 Å². The van der Waals surface area contributed by atoms with Gasteiger partial charge in [-0.3, -0.25) is 0 Å². The second-order valence-electron chi connectivity index (χ2n) is 12.7. The minimum absolute atomic E-state index is 0.272. The molecule has 0 aromatic carbocycles. The molecule has 0 aromatic rings. The van der Waals surface area contributed by atoms with Gasteiger partial charge in [0.25, 0.3) is 0 Å². The van der Waals surface area contributed by atoms with E-state index in [1.54, 1.807) is 0 Å². The van der Waals surface area contributed by atoms with Gasteiger partial charge in [0.15, 0.2) is 0 Å². The van der Waals surface area contributed by atoms with Gasteiger partial charge in [0, 0.05) is 6.42 Å². The molecule has 0 fully saturated rings. The fraction of sp³-hybridized carbons (Fsp3) is 1.00. The van der Waals surface area contributed by atoms with Gasteiger partial charge in [0.2, 0.25) is 0 Å². The molecule has 0 atom stereocenters. The molecule has 0 aliphatic heterocycles. The summed E-state index contributed by atoms with van der Waals surface area (Å²) in [5.41, 5.74) is 5.79. The van der Waals surface area contributed by atoms with Crippen LogP contribution in [-0.2, 0) is 9.68 Å². The monoisotopic (exact) mass is 570 g/mol. The Balaban J connectivity index is 3.60. The molecule has 40 heavy (non-hydrogen) atoms. The summed E-state index contributed by atoms with van der Waals surface area (Å²) < 4.78 is 0. The number of rotatable bonds is 35. The van der Waals surface area contributed by atoms with E-state index in [4.69, 9.17) is 15.4 Å². The first-order valence-corrected chi connectivity index (χ1v) is 18.5. The Kier molecular flexibility index (Phi) is 33.2. The van der Waals surface area contributed by atoms with Gasteiger partial charge in [0.05, 0.1) is 0 Å². The highest BCUT2D eigenvalue weighted by atomic mass is 17.0. The average molecular weight is 570 g/mol. The Morgan fingerprint density at radius 3 is 0.875 bits per heavy atom. The summed E-state index contributed by atoms with van der Waals surface area (Å²) in [7, 11) is 2.07. The van der Waals surface area contributed by atoms with Gasteiger partial charge in [-0.2, -0.15) is 9.68 Å². The summed E-state index contributed by atoms with van der Waals surface area (Å²) in [6, 6.07) is 0. The van der Waals surface area contributed by atoms with Gasteiger partial charge in [-0.05, 0) is 24.2 Å². The van der Waals surface area contributed by atoms with Crippen molar-refractivity contribution < 1.29 is 14.5 Å². The quantitative estimate of drug-likeness (QED) is 0.0469. The van der Waals surface area contributed by atoms with Crippen LogP contribution in [0.1, 0.15) is 200 Å². The maximum absolute atomic E-state index is 6.22. The molecule has 0 aliphatic carbocycles. The Hall–Kier alpha value is -0.160. The maximum atomic E-state index is 6.22. The largest absolute Gasteiger partial charge is 0.330 e. The third-order valence-electron chi connectivity index (χ3n) is 8.49. The minimum Gasteiger partial charge on any atom is -0.330 e. The molecule has 4 heteroatoms. The lowest BCUT2D eigenvalue weighted by atomic mass is 10.0. The fourth-order valence-electron chi connectivity index (χ4n) is 5.65. The number of hydrogen-bond acceptors (Lipinski definition) is 3. The zero-order valence-electron chi connectivity index (χ0n) is 28.2. The molecule has 0 aliphatic rings. The molecule has 0 heterocycles. The van der Waals surface area contributed by atoms with Crippen LogP contribution < -0.4 is 5.73 Å². The van der Waals surface area contributed by atoms with Crippen molar-refractivity contribution in [3.05, 3.63) is 0 Å². The summed E-state index contributed by atoms with van der Waals surface area (Å²) in [4.78, 5) is 12.7. The highest BCUT2D eigenvalue weighted by molar-refractivity contribution is 4.50. The molecule has 0 rings (SSSR count). The molecule has 2 N–H and O–H groups in total. The Morgan fingerprint density at radius 1 is 0.375 bits per heavy atom. The maximum Gasteiger partial charge on any atom is 0.143 e. The van der Waals surface area contributed by atoms with E-state index in [9.17, 15) is 0 Å². The first-order chi connectivity index (χ1) is 19.7. The summed E-state index contributed by atoms with van der Waals surface area (Å²) >= 11 is 0. The average Bonchev–Trinajstić information content (AvgIpc) is 2.96. The third-order valence-corrected chi connectivity index (χ3v) is 8.49. The molecule has 0 bridgehead atoms. The van der Waals surface area contributed by atoms with Crippen LogP contribution in [0.4, 0.5) is 0 Å². The van der Waals surface area contributed by atoms with Crippen LogP contribution >= 0.6 is 0 Å². The van der Waals surface area contributed by atoms with Crippen molar-refractivity contribution in [1.82, 2.24) is 0 Å². The molecular formula is C36H77N2O2+. The van der Waals surface area contributed by atoms with E-state index in [-0.39, 0.29) is 4.81 Å². The molecule has 0 radical (unpaired) electrons. The summed E-state index contributed by atoms with van der Waals surface area (Å²) in [6.07, 6.45) is 39.7. The molecular weight excluding hydrogens is 492 g/mol. The van der Waals surface area contributed by atoms with E-state index in [0.29, 0.717) is 6.54 Å². The highest BCUT2D eigenvalue weighted by Gasteiger charge is 2.25. The third kappa shape index (κ3) is 30.8. The Labute approximate surface area is 253 Å². The van der Waals surface area contributed by atoms with Crippen molar-refractivity contribution >= 4 is 0 Å². The summed E-state index contributed by atoms with van der Waals surface area (Å²) in [5.74, 6) is 0. The normalized spacial score (nSPS) is 12.0. The summed E-state index contributed by atoms with van der Waals surface area (Å²) in [6.45, 7) is 7.70. The topological polar surface area (TPSA) is 44.5 Å². The number of unbranched alkanes of at least 4 members (excludes halogenated alkanes) is 26. The summed E-state index contributed by atoms with van der Waals surface area (Å²) in [5, 5.41) is 0. The zero-order valence-corrected chi connectivity index (χ0v) is 28.2. The molecule has 4 nitrogen and oxygen atoms in total. The van der Waals surface area contributed by atoms with Gasteiger partial charge in [-0.1, -0.05) is 181 Å². The lowest BCUT2D eigenvalue weighted by Gasteiger charge is -2.28. The van der Waals surface area contributed by atoms with Gasteiger partial charge >= 0.3 is 0 Å². The molecule has 0 saturated heterocycles. The van der Waals surface area contributed by atoms with E-state index >= 15 is 0 Å². The second-order valence-corrected chi connectivity index (χ2v) is 12.7. The first kappa shape index (κ1) is 39.8. The van der Waals surface area contributed by atoms with Gasteiger partial charge in [-0.25, -0.2) is 0 Å². The van der Waals surface area contributed by atoms with Crippen molar-refractivity contribution in [2.45, 2.75) is 200 Å². The Bertz CT molecular complexity index is 426. The Morgan fingerprint density at radius 2 is 0.625 bits per heavy atom. The second kappa shape index (κ2) is 33.3. The van der Waals surface area contributed by atoms with Crippen LogP contribution in [0.5, 0.6) is 0 Å². The van der Waals surface area contributed by atoms with Crippen LogP contribution in [0.15, 0.2) is 0 Å². The smallest absolute Gasteiger partial charge is 0.143 e. The molecule has 0 amide bonds. The van der Waals surface area contributed by atoms with Crippen LogP contribution in [0.25, 0.3) is 0 Å². The minimum atomic E-state index is 0.272.